The number of benzene rings is 1. The number of hydrogen-bond acceptors (Lipinski definition) is 5. The highest BCUT2D eigenvalue weighted by molar-refractivity contribution is 5.76. The monoisotopic (exact) mass is 361 g/mol. The number of carbonyl (C=O) groups is 1. The van der Waals surface area contributed by atoms with E-state index in [1.807, 2.05) is 36.1 Å². The van der Waals surface area contributed by atoms with Gasteiger partial charge in [-0.25, -0.2) is 9.78 Å². The van der Waals surface area contributed by atoms with Crippen LogP contribution in [-0.2, 0) is 4.74 Å². The van der Waals surface area contributed by atoms with Crippen LogP contribution >= 0.6 is 0 Å². The first-order valence-corrected chi connectivity index (χ1v) is 9.08. The van der Waals surface area contributed by atoms with Crippen molar-refractivity contribution in [3.8, 4) is 0 Å². The van der Waals surface area contributed by atoms with Crippen LogP contribution in [0.15, 0.2) is 24.3 Å². The molecule has 1 aromatic heterocycles. The maximum atomic E-state index is 12.5. The molecule has 8 nitrogen and oxygen atoms in total. The summed E-state index contributed by atoms with van der Waals surface area (Å²) in [5, 5.41) is 11.7. The summed E-state index contributed by atoms with van der Waals surface area (Å²) in [5.74, 6) is 0.763. The predicted octanol–water partition coefficient (Wildman–Crippen LogP) is 0.960. The van der Waals surface area contributed by atoms with Crippen molar-refractivity contribution in [2.45, 2.75) is 13.0 Å². The number of aromatic nitrogens is 2. The van der Waals surface area contributed by atoms with Gasteiger partial charge in [-0.2, -0.15) is 0 Å². The Morgan fingerprint density at radius 1 is 1.31 bits per heavy atom. The lowest BCUT2D eigenvalue weighted by molar-refractivity contribution is 0.0617. The smallest absolute Gasteiger partial charge is 0.318 e. The Morgan fingerprint density at radius 3 is 2.81 bits per heavy atom. The minimum atomic E-state index is -0.181. The number of carbonyl (C=O) groups excluding carboxylic acids is 1. The van der Waals surface area contributed by atoms with Gasteiger partial charge in [0, 0.05) is 32.7 Å². The number of urea groups is 1. The van der Waals surface area contributed by atoms with Gasteiger partial charge in [-0.05, 0) is 19.1 Å². The molecule has 3 rings (SSSR count). The van der Waals surface area contributed by atoms with Gasteiger partial charge in [0.15, 0.2) is 0 Å². The number of rotatable bonds is 7. The molecule has 0 spiro atoms. The van der Waals surface area contributed by atoms with Gasteiger partial charge in [-0.15, -0.1) is 0 Å². The molecular formula is C18H27N5O3. The lowest BCUT2D eigenvalue weighted by Crippen LogP contribution is -2.52. The Labute approximate surface area is 153 Å². The first kappa shape index (κ1) is 18.6. The summed E-state index contributed by atoms with van der Waals surface area (Å²) in [5.41, 5.74) is 1.88. The number of nitrogens with one attached hydrogen (secondary N) is 2. The molecule has 1 unspecified atom stereocenters. The number of aliphatic hydroxyl groups is 1. The summed E-state index contributed by atoms with van der Waals surface area (Å²) in [6, 6.07) is 7.60. The Kier molecular flexibility index (Phi) is 6.43. The maximum absolute atomic E-state index is 12.5. The Morgan fingerprint density at radius 2 is 2.08 bits per heavy atom. The van der Waals surface area contributed by atoms with E-state index in [0.717, 1.165) is 36.5 Å². The number of aliphatic hydroxyl groups excluding tert-OH is 1. The molecule has 1 aromatic carbocycles. The maximum Gasteiger partial charge on any atom is 0.318 e. The van der Waals surface area contributed by atoms with Crippen LogP contribution in [0.4, 0.5) is 4.79 Å². The molecule has 0 bridgehead atoms. The lowest BCUT2D eigenvalue weighted by atomic mass is 10.3. The van der Waals surface area contributed by atoms with E-state index in [9.17, 15) is 4.79 Å². The molecule has 0 saturated carbocycles. The van der Waals surface area contributed by atoms with Crippen LogP contribution < -0.4 is 5.32 Å². The minimum Gasteiger partial charge on any atom is -0.394 e. The number of hydrogen-bond donors (Lipinski definition) is 3. The topological polar surface area (TPSA) is 93.7 Å². The standard InChI is InChI=1S/C18H27N5O3/c1-14(17-20-15-4-2-3-5-16(15)21-17)19-18(25)23-8-6-22(7-9-23)10-12-26-13-11-24/h2-5,14,24H,6-13H2,1H3,(H,19,25)(H,20,21). The number of amides is 2. The quantitative estimate of drug-likeness (QED) is 0.639. The second-order valence-electron chi connectivity index (χ2n) is 6.48. The van der Waals surface area contributed by atoms with Gasteiger partial charge in [0.2, 0.25) is 0 Å². The van der Waals surface area contributed by atoms with E-state index in [1.165, 1.54) is 0 Å². The number of fused-ring (bicyclic) bond motifs is 1. The number of ether oxygens (including phenoxy) is 1. The number of para-hydroxylation sites is 2. The fourth-order valence-corrected chi connectivity index (χ4v) is 3.06. The molecule has 2 amide bonds. The predicted molar refractivity (Wildman–Crippen MR) is 99.0 cm³/mol. The largest absolute Gasteiger partial charge is 0.394 e. The van der Waals surface area contributed by atoms with E-state index < -0.39 is 0 Å². The number of piperazine rings is 1. The van der Waals surface area contributed by atoms with Crippen molar-refractivity contribution < 1.29 is 14.6 Å². The second kappa shape index (κ2) is 8.98. The molecule has 0 aliphatic carbocycles. The third kappa shape index (κ3) is 4.72. The zero-order chi connectivity index (χ0) is 18.4. The molecule has 1 saturated heterocycles. The lowest BCUT2D eigenvalue weighted by Gasteiger charge is -2.35. The molecule has 0 radical (unpaired) electrons. The van der Waals surface area contributed by atoms with Crippen LogP contribution in [0.25, 0.3) is 11.0 Å². The molecule has 1 atom stereocenters. The molecule has 1 aliphatic heterocycles. The SMILES string of the molecule is CC(NC(=O)N1CCN(CCOCCO)CC1)c1nc2ccccc2[nH]1. The Bertz CT molecular complexity index is 679. The average molecular weight is 361 g/mol. The van der Waals surface area contributed by atoms with Crippen LogP contribution in [0.5, 0.6) is 0 Å². The first-order valence-electron chi connectivity index (χ1n) is 9.08. The Balaban J connectivity index is 1.45. The number of aromatic amines is 1. The average Bonchev–Trinajstić information content (AvgIpc) is 3.10. The van der Waals surface area contributed by atoms with Gasteiger partial charge in [0.25, 0.3) is 0 Å². The molecule has 26 heavy (non-hydrogen) atoms. The highest BCUT2D eigenvalue weighted by Crippen LogP contribution is 2.16. The summed E-state index contributed by atoms with van der Waals surface area (Å²) in [6.07, 6.45) is 0. The van der Waals surface area contributed by atoms with Gasteiger partial charge < -0.3 is 25.0 Å². The van der Waals surface area contributed by atoms with Crippen LogP contribution in [0, 0.1) is 0 Å². The zero-order valence-corrected chi connectivity index (χ0v) is 15.1. The molecule has 3 N–H and O–H groups in total. The fraction of sp³-hybridized carbons (Fsp3) is 0.556. The third-order valence-corrected chi connectivity index (χ3v) is 4.60. The van der Waals surface area contributed by atoms with Gasteiger partial charge in [0.1, 0.15) is 5.82 Å². The molecule has 142 valence electrons. The summed E-state index contributed by atoms with van der Waals surface area (Å²) >= 11 is 0. The number of nitrogens with zero attached hydrogens (tertiary/aromatic N) is 3. The summed E-state index contributed by atoms with van der Waals surface area (Å²) < 4.78 is 5.29. The fourth-order valence-electron chi connectivity index (χ4n) is 3.06. The molecule has 2 heterocycles. The zero-order valence-electron chi connectivity index (χ0n) is 15.1. The molecular weight excluding hydrogens is 334 g/mol. The van der Waals surface area contributed by atoms with Crippen molar-refractivity contribution in [1.29, 1.82) is 0 Å². The summed E-state index contributed by atoms with van der Waals surface area (Å²) in [7, 11) is 0. The molecule has 1 fully saturated rings. The van der Waals surface area contributed by atoms with E-state index in [0.29, 0.717) is 26.3 Å². The van der Waals surface area contributed by atoms with E-state index in [4.69, 9.17) is 9.84 Å². The van der Waals surface area contributed by atoms with Crippen molar-refractivity contribution in [2.75, 3.05) is 52.5 Å². The van der Waals surface area contributed by atoms with E-state index >= 15 is 0 Å². The van der Waals surface area contributed by atoms with Crippen molar-refractivity contribution in [3.63, 3.8) is 0 Å². The number of H-pyrrole nitrogens is 1. The number of imidazole rings is 1. The van der Waals surface area contributed by atoms with Crippen LogP contribution in [0.1, 0.15) is 18.8 Å². The highest BCUT2D eigenvalue weighted by Gasteiger charge is 2.23. The van der Waals surface area contributed by atoms with Crippen molar-refractivity contribution in [1.82, 2.24) is 25.1 Å². The van der Waals surface area contributed by atoms with Crippen molar-refractivity contribution >= 4 is 17.1 Å². The van der Waals surface area contributed by atoms with Crippen LogP contribution in [0.3, 0.4) is 0 Å². The van der Waals surface area contributed by atoms with Crippen LogP contribution in [-0.4, -0.2) is 83.4 Å². The van der Waals surface area contributed by atoms with E-state index in [1.54, 1.807) is 0 Å². The van der Waals surface area contributed by atoms with Crippen molar-refractivity contribution in [2.24, 2.45) is 0 Å². The minimum absolute atomic E-state index is 0.0529. The Hall–Kier alpha value is -2.16. The second-order valence-corrected chi connectivity index (χ2v) is 6.48. The third-order valence-electron chi connectivity index (χ3n) is 4.60. The highest BCUT2D eigenvalue weighted by atomic mass is 16.5. The molecule has 1 aliphatic rings. The summed E-state index contributed by atoms with van der Waals surface area (Å²) in [4.78, 5) is 24.4. The van der Waals surface area contributed by atoms with Gasteiger partial charge in [-0.3, -0.25) is 4.90 Å². The molecule has 8 heteroatoms. The van der Waals surface area contributed by atoms with Crippen LogP contribution in [0.2, 0.25) is 0 Å². The molecule has 2 aromatic rings. The van der Waals surface area contributed by atoms with Crippen molar-refractivity contribution in [3.05, 3.63) is 30.1 Å². The van der Waals surface area contributed by atoms with Gasteiger partial charge in [0.05, 0.1) is 36.9 Å². The van der Waals surface area contributed by atoms with Gasteiger partial charge >= 0.3 is 6.03 Å². The summed E-state index contributed by atoms with van der Waals surface area (Å²) in [6.45, 7) is 6.84. The first-order chi connectivity index (χ1) is 12.7. The van der Waals surface area contributed by atoms with E-state index in [-0.39, 0.29) is 18.7 Å². The van der Waals surface area contributed by atoms with Gasteiger partial charge in [-0.1, -0.05) is 12.1 Å². The van der Waals surface area contributed by atoms with E-state index in [2.05, 4.69) is 20.2 Å². The normalized spacial score (nSPS) is 16.8.